The first-order valence-electron chi connectivity index (χ1n) is 4.55. The molecule has 0 radical (unpaired) electrons. The van der Waals surface area contributed by atoms with Gasteiger partial charge < -0.3 is 10.1 Å². The first-order chi connectivity index (χ1) is 6.79. The highest BCUT2D eigenvalue weighted by Gasteiger charge is 2.29. The van der Waals surface area contributed by atoms with Gasteiger partial charge in [0.2, 0.25) is 0 Å². The average molecular weight is 214 g/mol. The Kier molecular flexibility index (Phi) is 2.84. The van der Waals surface area contributed by atoms with Gasteiger partial charge in [-0.3, -0.25) is 0 Å². The highest BCUT2D eigenvalue weighted by atomic mass is 35.5. The van der Waals surface area contributed by atoms with Crippen LogP contribution in [0.25, 0.3) is 0 Å². The molecule has 0 bridgehead atoms. The average Bonchev–Trinajstić information content (AvgIpc) is 2.13. The summed E-state index contributed by atoms with van der Waals surface area (Å²) in [5.74, 6) is 0.661. The topological polar surface area (TPSA) is 47.0 Å². The molecule has 1 aliphatic carbocycles. The number of nitrogens with zero attached hydrogens (tertiary/aromatic N) is 2. The molecule has 0 amide bonds. The van der Waals surface area contributed by atoms with Gasteiger partial charge in [0.1, 0.15) is 0 Å². The Morgan fingerprint density at radius 2 is 2.14 bits per heavy atom. The van der Waals surface area contributed by atoms with E-state index in [1.54, 1.807) is 19.5 Å². The van der Waals surface area contributed by atoms with Crippen LogP contribution in [0.5, 0.6) is 0 Å². The fourth-order valence-electron chi connectivity index (χ4n) is 1.49. The van der Waals surface area contributed by atoms with Crippen molar-refractivity contribution in [2.45, 2.75) is 25.0 Å². The summed E-state index contributed by atoms with van der Waals surface area (Å²) < 4.78 is 5.18. The maximum absolute atomic E-state index is 5.85. The van der Waals surface area contributed by atoms with Gasteiger partial charge >= 0.3 is 0 Å². The first-order valence-corrected chi connectivity index (χ1v) is 4.93. The van der Waals surface area contributed by atoms with E-state index in [0.29, 0.717) is 23.1 Å². The summed E-state index contributed by atoms with van der Waals surface area (Å²) in [7, 11) is 1.73. The Morgan fingerprint density at radius 3 is 2.79 bits per heavy atom. The molecular formula is C9H12ClN3O. The molecule has 1 aromatic heterocycles. The second kappa shape index (κ2) is 4.11. The summed E-state index contributed by atoms with van der Waals surface area (Å²) >= 11 is 5.85. The van der Waals surface area contributed by atoms with Crippen molar-refractivity contribution in [3.63, 3.8) is 0 Å². The molecule has 0 saturated heterocycles. The van der Waals surface area contributed by atoms with Crippen molar-refractivity contribution in [2.75, 3.05) is 12.4 Å². The van der Waals surface area contributed by atoms with Crippen molar-refractivity contribution >= 4 is 17.4 Å². The molecule has 5 heteroatoms. The molecule has 1 aliphatic rings. The van der Waals surface area contributed by atoms with Crippen LogP contribution in [0, 0.1) is 0 Å². The fraction of sp³-hybridized carbons (Fsp3) is 0.556. The van der Waals surface area contributed by atoms with E-state index < -0.39 is 0 Å². The van der Waals surface area contributed by atoms with E-state index in [2.05, 4.69) is 15.3 Å². The maximum Gasteiger partial charge on any atom is 0.171 e. The number of hydrogen-bond acceptors (Lipinski definition) is 4. The lowest BCUT2D eigenvalue weighted by Gasteiger charge is -2.34. The van der Waals surface area contributed by atoms with E-state index in [4.69, 9.17) is 16.3 Å². The van der Waals surface area contributed by atoms with E-state index in [0.717, 1.165) is 12.8 Å². The van der Waals surface area contributed by atoms with Gasteiger partial charge in [0.05, 0.1) is 6.10 Å². The van der Waals surface area contributed by atoms with Gasteiger partial charge in [0.15, 0.2) is 11.0 Å². The molecule has 4 nitrogen and oxygen atoms in total. The van der Waals surface area contributed by atoms with Crippen molar-refractivity contribution in [3.05, 3.63) is 17.5 Å². The van der Waals surface area contributed by atoms with Crippen LogP contribution in [-0.2, 0) is 4.74 Å². The quantitative estimate of drug-likeness (QED) is 0.831. The number of halogens is 1. The molecule has 1 heterocycles. The van der Waals surface area contributed by atoms with Crippen LogP contribution in [0.15, 0.2) is 12.4 Å². The Morgan fingerprint density at radius 1 is 1.43 bits per heavy atom. The normalized spacial score (nSPS) is 25.6. The number of nitrogens with one attached hydrogen (secondary N) is 1. The van der Waals surface area contributed by atoms with Crippen LogP contribution in [0.3, 0.4) is 0 Å². The Hall–Kier alpha value is -0.870. The molecule has 0 unspecified atom stereocenters. The third kappa shape index (κ3) is 1.96. The van der Waals surface area contributed by atoms with Crippen LogP contribution >= 0.6 is 11.6 Å². The standard InChI is InChI=1S/C9H12ClN3O/c1-14-7-4-6(5-7)13-9-8(10)11-2-3-12-9/h2-3,6-7H,4-5H2,1H3,(H,12,13). The van der Waals surface area contributed by atoms with E-state index in [1.165, 1.54) is 0 Å². The second-order valence-corrected chi connectivity index (χ2v) is 3.72. The van der Waals surface area contributed by atoms with Crippen molar-refractivity contribution in [1.29, 1.82) is 0 Å². The number of anilines is 1. The third-order valence-corrected chi connectivity index (χ3v) is 2.70. The van der Waals surface area contributed by atoms with Gasteiger partial charge in [-0.05, 0) is 12.8 Å². The van der Waals surface area contributed by atoms with E-state index in [1.807, 2.05) is 0 Å². The lowest BCUT2D eigenvalue weighted by atomic mass is 9.89. The predicted molar refractivity (Wildman–Crippen MR) is 54.5 cm³/mol. The van der Waals surface area contributed by atoms with Crippen LogP contribution in [-0.4, -0.2) is 29.2 Å². The second-order valence-electron chi connectivity index (χ2n) is 3.37. The smallest absolute Gasteiger partial charge is 0.171 e. The number of ether oxygens (including phenoxy) is 1. The Bertz CT molecular complexity index is 315. The van der Waals surface area contributed by atoms with Gasteiger partial charge in [-0.2, -0.15) is 0 Å². The SMILES string of the molecule is COC1CC(Nc2nccnc2Cl)C1. The molecule has 1 saturated carbocycles. The Balaban J connectivity index is 1.90. The first kappa shape index (κ1) is 9.68. The van der Waals surface area contributed by atoms with Crippen LogP contribution in [0.2, 0.25) is 5.15 Å². The van der Waals surface area contributed by atoms with Crippen LogP contribution in [0.4, 0.5) is 5.82 Å². The highest BCUT2D eigenvalue weighted by Crippen LogP contribution is 2.27. The van der Waals surface area contributed by atoms with Gasteiger partial charge in [-0.1, -0.05) is 11.6 Å². The highest BCUT2D eigenvalue weighted by molar-refractivity contribution is 6.31. The van der Waals surface area contributed by atoms with Crippen molar-refractivity contribution in [3.8, 4) is 0 Å². The van der Waals surface area contributed by atoms with Crippen LogP contribution < -0.4 is 5.32 Å². The molecule has 2 rings (SSSR count). The zero-order valence-corrected chi connectivity index (χ0v) is 8.66. The largest absolute Gasteiger partial charge is 0.381 e. The van der Waals surface area contributed by atoms with Gasteiger partial charge in [-0.15, -0.1) is 0 Å². The maximum atomic E-state index is 5.85. The number of rotatable bonds is 3. The molecular weight excluding hydrogens is 202 g/mol. The van der Waals surface area contributed by atoms with Crippen molar-refractivity contribution < 1.29 is 4.74 Å². The summed E-state index contributed by atoms with van der Waals surface area (Å²) in [6, 6.07) is 0.411. The minimum Gasteiger partial charge on any atom is -0.381 e. The summed E-state index contributed by atoms with van der Waals surface area (Å²) in [6.07, 6.45) is 5.59. The predicted octanol–water partition coefficient (Wildman–Crippen LogP) is 1.72. The molecule has 14 heavy (non-hydrogen) atoms. The third-order valence-electron chi connectivity index (χ3n) is 2.42. The molecule has 0 spiro atoms. The van der Waals surface area contributed by atoms with Gasteiger partial charge in [0.25, 0.3) is 0 Å². The monoisotopic (exact) mass is 213 g/mol. The van der Waals surface area contributed by atoms with Gasteiger partial charge in [0, 0.05) is 25.5 Å². The lowest BCUT2D eigenvalue weighted by molar-refractivity contribution is 0.0328. The van der Waals surface area contributed by atoms with E-state index >= 15 is 0 Å². The lowest BCUT2D eigenvalue weighted by Crippen LogP contribution is -2.40. The number of aromatic nitrogens is 2. The summed E-state index contributed by atoms with van der Waals surface area (Å²) in [5, 5.41) is 3.65. The van der Waals surface area contributed by atoms with Crippen LogP contribution in [0.1, 0.15) is 12.8 Å². The minimum atomic E-state index is 0.378. The van der Waals surface area contributed by atoms with E-state index in [-0.39, 0.29) is 0 Å². The minimum absolute atomic E-state index is 0.378. The molecule has 0 aliphatic heterocycles. The summed E-state index contributed by atoms with van der Waals surface area (Å²) in [5.41, 5.74) is 0. The molecule has 1 aromatic rings. The Labute approximate surface area is 87.7 Å². The van der Waals surface area contributed by atoms with Crippen molar-refractivity contribution in [1.82, 2.24) is 9.97 Å². The molecule has 1 N–H and O–H groups in total. The zero-order chi connectivity index (χ0) is 9.97. The summed E-state index contributed by atoms with van der Waals surface area (Å²) in [6.45, 7) is 0. The van der Waals surface area contributed by atoms with E-state index in [9.17, 15) is 0 Å². The van der Waals surface area contributed by atoms with Gasteiger partial charge in [-0.25, -0.2) is 9.97 Å². The number of hydrogen-bond donors (Lipinski definition) is 1. The fourth-order valence-corrected chi connectivity index (χ4v) is 1.65. The zero-order valence-electron chi connectivity index (χ0n) is 7.90. The number of methoxy groups -OCH3 is 1. The van der Waals surface area contributed by atoms with Crippen molar-refractivity contribution in [2.24, 2.45) is 0 Å². The molecule has 0 atom stereocenters. The molecule has 76 valence electrons. The molecule has 0 aromatic carbocycles. The molecule has 1 fully saturated rings. The summed E-state index contributed by atoms with van der Waals surface area (Å²) in [4.78, 5) is 8.04.